The molecule has 5 aromatic rings. The number of carbonyl (C=O) groups excluding carboxylic acids is 4. The first-order valence-corrected chi connectivity index (χ1v) is 21.9. The van der Waals surface area contributed by atoms with E-state index in [4.69, 9.17) is 15.6 Å². The molecule has 16 nitrogen and oxygen atoms in total. The Morgan fingerprint density at radius 2 is 1.35 bits per heavy atom. The van der Waals surface area contributed by atoms with Gasteiger partial charge in [-0.2, -0.15) is 5.10 Å². The van der Waals surface area contributed by atoms with Crippen LogP contribution in [-0.4, -0.2) is 141 Å². The Balaban J connectivity index is 0.683. The highest BCUT2D eigenvalue weighted by Crippen LogP contribution is 2.36. The summed E-state index contributed by atoms with van der Waals surface area (Å²) in [5.74, 6) is 0.0426. The van der Waals surface area contributed by atoms with Gasteiger partial charge in [0.15, 0.2) is 5.65 Å². The van der Waals surface area contributed by atoms with Crippen LogP contribution >= 0.6 is 0 Å². The molecular weight excluding hydrogens is 787 g/mol. The van der Waals surface area contributed by atoms with Crippen molar-refractivity contribution in [2.75, 3.05) is 76.1 Å². The summed E-state index contributed by atoms with van der Waals surface area (Å²) in [4.78, 5) is 70.8. The van der Waals surface area contributed by atoms with Crippen LogP contribution in [0.5, 0.6) is 11.5 Å². The number of hydrogen-bond acceptors (Lipinski definition) is 13. The number of benzene rings is 3. The van der Waals surface area contributed by atoms with Gasteiger partial charge in [0.2, 0.25) is 11.8 Å². The van der Waals surface area contributed by atoms with Gasteiger partial charge in [0.1, 0.15) is 35.4 Å². The van der Waals surface area contributed by atoms with Crippen LogP contribution in [-0.2, 0) is 9.59 Å². The van der Waals surface area contributed by atoms with Crippen molar-refractivity contribution in [3.05, 3.63) is 90.3 Å². The van der Waals surface area contributed by atoms with E-state index in [0.29, 0.717) is 23.0 Å². The third kappa shape index (κ3) is 7.78. The molecule has 4 amide bonds. The first-order valence-electron chi connectivity index (χ1n) is 21.9. The molecule has 3 N–H and O–H groups in total. The van der Waals surface area contributed by atoms with Crippen molar-refractivity contribution in [3.8, 4) is 22.8 Å². The van der Waals surface area contributed by atoms with E-state index in [-0.39, 0.29) is 24.8 Å². The molecule has 5 aliphatic rings. The van der Waals surface area contributed by atoms with Crippen molar-refractivity contribution in [1.82, 2.24) is 44.7 Å². The van der Waals surface area contributed by atoms with Gasteiger partial charge in [0.25, 0.3) is 11.8 Å². The second-order valence-electron chi connectivity index (χ2n) is 17.0. The standard InChI is InChI=1S/C46H51N11O5/c47-42-40-41(30-6-9-35(10-7-30)62-34-4-2-1-3-5-34)51-57(43(40)49-29-48-42)32-16-20-53(21-17-32)23-22-52-18-14-31(15-19-52)54-24-26-55(27-25-54)33-8-11-36-37(28-33)46(61)56(45(36)60)38-12-13-39(58)50-44(38)59/h1-11,28-29,31-32,38H,12-27H2,(H2,47,48,49)(H,50,58,59). The number of imide groups is 2. The molecule has 0 saturated carbocycles. The summed E-state index contributed by atoms with van der Waals surface area (Å²) >= 11 is 0. The van der Waals surface area contributed by atoms with Crippen LogP contribution in [0.2, 0.25) is 0 Å². The Morgan fingerprint density at radius 1 is 0.694 bits per heavy atom. The number of hydrogen-bond donors (Lipinski definition) is 2. The summed E-state index contributed by atoms with van der Waals surface area (Å²) in [7, 11) is 0. The lowest BCUT2D eigenvalue weighted by Gasteiger charge is -2.43. The number of amides is 4. The number of para-hydroxylation sites is 1. The Kier molecular flexibility index (Phi) is 10.9. The number of nitrogen functional groups attached to an aromatic ring is 1. The molecule has 0 radical (unpaired) electrons. The van der Waals surface area contributed by atoms with E-state index in [0.717, 1.165) is 136 Å². The molecule has 5 aliphatic heterocycles. The van der Waals surface area contributed by atoms with Gasteiger partial charge in [0.05, 0.1) is 22.6 Å². The summed E-state index contributed by atoms with van der Waals surface area (Å²) in [6.45, 7) is 9.84. The highest BCUT2D eigenvalue weighted by molar-refractivity contribution is 6.23. The number of anilines is 2. The van der Waals surface area contributed by atoms with Crippen LogP contribution < -0.4 is 20.7 Å². The molecule has 62 heavy (non-hydrogen) atoms. The third-order valence-corrected chi connectivity index (χ3v) is 13.4. The first kappa shape index (κ1) is 39.9. The van der Waals surface area contributed by atoms with Crippen molar-refractivity contribution < 1.29 is 23.9 Å². The largest absolute Gasteiger partial charge is 0.457 e. The minimum absolute atomic E-state index is 0.101. The molecule has 4 saturated heterocycles. The highest BCUT2D eigenvalue weighted by Gasteiger charge is 2.45. The van der Waals surface area contributed by atoms with Crippen molar-refractivity contribution in [2.24, 2.45) is 0 Å². The Bertz CT molecular complexity index is 2490. The fourth-order valence-electron chi connectivity index (χ4n) is 9.94. The summed E-state index contributed by atoms with van der Waals surface area (Å²) < 4.78 is 8.09. The van der Waals surface area contributed by atoms with Gasteiger partial charge in [-0.25, -0.2) is 14.6 Å². The van der Waals surface area contributed by atoms with Crippen molar-refractivity contribution in [2.45, 2.75) is 56.7 Å². The number of piperidine rings is 3. The summed E-state index contributed by atoms with van der Waals surface area (Å²) in [6.07, 6.45) is 6.04. The zero-order chi connectivity index (χ0) is 42.3. The number of nitrogens with two attached hydrogens (primary N) is 1. The summed E-state index contributed by atoms with van der Waals surface area (Å²) in [5, 5.41) is 8.17. The number of nitrogens with one attached hydrogen (secondary N) is 1. The molecular formula is C46H51N11O5. The topological polar surface area (TPSA) is 175 Å². The van der Waals surface area contributed by atoms with E-state index in [1.54, 1.807) is 12.1 Å². The van der Waals surface area contributed by atoms with Gasteiger partial charge in [-0.1, -0.05) is 18.2 Å². The number of fused-ring (bicyclic) bond motifs is 2. The van der Waals surface area contributed by atoms with Crippen LogP contribution in [0.1, 0.15) is 65.3 Å². The Morgan fingerprint density at radius 3 is 2.05 bits per heavy atom. The van der Waals surface area contributed by atoms with Crippen molar-refractivity contribution >= 4 is 46.2 Å². The van der Waals surface area contributed by atoms with Gasteiger partial charge < -0.3 is 25.2 Å². The number of rotatable bonds is 10. The summed E-state index contributed by atoms with van der Waals surface area (Å²) in [6, 6.07) is 22.9. The normalized spacial score (nSPS) is 21.2. The van der Waals surface area contributed by atoms with Crippen LogP contribution in [0.15, 0.2) is 79.1 Å². The second-order valence-corrected chi connectivity index (χ2v) is 17.0. The quantitative estimate of drug-likeness (QED) is 0.192. The SMILES string of the molecule is Nc1ncnc2c1c(-c1ccc(Oc3ccccc3)cc1)nn2C1CCN(CCN2CCC(N3CCN(c4ccc5c(c4)C(=O)N(C4CCC(=O)NC4=O)C5=O)CC3)CC2)CC1. The molecule has 10 rings (SSSR count). The molecule has 3 aromatic carbocycles. The molecule has 0 bridgehead atoms. The van der Waals surface area contributed by atoms with Gasteiger partial charge in [0, 0.05) is 76.1 Å². The van der Waals surface area contributed by atoms with E-state index >= 15 is 0 Å². The number of likely N-dealkylation sites (tertiary alicyclic amines) is 2. The minimum atomic E-state index is -0.962. The first-order chi connectivity index (χ1) is 30.3. The molecule has 0 aliphatic carbocycles. The lowest BCUT2D eigenvalue weighted by Crippen LogP contribution is -2.54. The summed E-state index contributed by atoms with van der Waals surface area (Å²) in [5.41, 5.74) is 10.5. The molecule has 4 fully saturated rings. The average Bonchev–Trinajstić information content (AvgIpc) is 3.81. The van der Waals surface area contributed by atoms with Gasteiger partial charge in [-0.3, -0.25) is 34.3 Å². The van der Waals surface area contributed by atoms with E-state index in [2.05, 4.69) is 39.6 Å². The monoisotopic (exact) mass is 837 g/mol. The Hall–Kier alpha value is -6.23. The van der Waals surface area contributed by atoms with E-state index in [9.17, 15) is 19.2 Å². The molecule has 16 heteroatoms. The lowest BCUT2D eigenvalue weighted by molar-refractivity contribution is -0.136. The smallest absolute Gasteiger partial charge is 0.262 e. The maximum Gasteiger partial charge on any atom is 0.262 e. The molecule has 7 heterocycles. The number of carbonyl (C=O) groups is 4. The maximum atomic E-state index is 13.4. The maximum absolute atomic E-state index is 13.4. The van der Waals surface area contributed by atoms with E-state index < -0.39 is 23.8 Å². The predicted octanol–water partition coefficient (Wildman–Crippen LogP) is 4.19. The average molecular weight is 838 g/mol. The Labute approximate surface area is 359 Å². The number of piperazine rings is 1. The van der Waals surface area contributed by atoms with Gasteiger partial charge >= 0.3 is 0 Å². The fourth-order valence-corrected chi connectivity index (χ4v) is 9.94. The second kappa shape index (κ2) is 16.9. The van der Waals surface area contributed by atoms with Crippen LogP contribution in [0, 0.1) is 0 Å². The minimum Gasteiger partial charge on any atom is -0.457 e. The van der Waals surface area contributed by atoms with Crippen LogP contribution in [0.3, 0.4) is 0 Å². The van der Waals surface area contributed by atoms with Crippen LogP contribution in [0.4, 0.5) is 11.5 Å². The van der Waals surface area contributed by atoms with E-state index in [1.165, 1.54) is 6.33 Å². The molecule has 320 valence electrons. The van der Waals surface area contributed by atoms with Gasteiger partial charge in [-0.05, 0) is 99.8 Å². The van der Waals surface area contributed by atoms with Gasteiger partial charge in [-0.15, -0.1) is 0 Å². The third-order valence-electron chi connectivity index (χ3n) is 13.4. The molecule has 1 atom stereocenters. The number of aromatic nitrogens is 4. The molecule has 1 unspecified atom stereocenters. The van der Waals surface area contributed by atoms with Crippen molar-refractivity contribution in [1.29, 1.82) is 0 Å². The van der Waals surface area contributed by atoms with Crippen molar-refractivity contribution in [3.63, 3.8) is 0 Å². The van der Waals surface area contributed by atoms with E-state index in [1.807, 2.05) is 60.7 Å². The molecule has 2 aromatic heterocycles. The zero-order valence-electron chi connectivity index (χ0n) is 34.7. The van der Waals surface area contributed by atoms with Crippen LogP contribution in [0.25, 0.3) is 22.3 Å². The fraction of sp³-hybridized carbons (Fsp3) is 0.413. The highest BCUT2D eigenvalue weighted by atomic mass is 16.5. The number of nitrogens with zero attached hydrogens (tertiary/aromatic N) is 9. The zero-order valence-corrected chi connectivity index (χ0v) is 34.7. The molecule has 0 spiro atoms. The lowest BCUT2D eigenvalue weighted by atomic mass is 10.0. The predicted molar refractivity (Wildman–Crippen MR) is 233 cm³/mol. The number of ether oxygens (including phenoxy) is 1.